The largest absolute Gasteiger partial charge is 0.465 e. The van der Waals surface area contributed by atoms with E-state index < -0.39 is 11.5 Å². The monoisotopic (exact) mass is 432 g/mol. The highest BCUT2D eigenvalue weighted by atomic mass is 16.5. The van der Waals surface area contributed by atoms with Crippen molar-refractivity contribution in [1.82, 2.24) is 4.98 Å². The Morgan fingerprint density at radius 3 is 2.56 bits per heavy atom. The van der Waals surface area contributed by atoms with Crippen LogP contribution in [0.25, 0.3) is 11.3 Å². The van der Waals surface area contributed by atoms with Crippen molar-refractivity contribution in [2.24, 2.45) is 0 Å². The Kier molecular flexibility index (Phi) is 6.71. The van der Waals surface area contributed by atoms with Crippen molar-refractivity contribution in [3.8, 4) is 11.3 Å². The number of esters is 1. The molecule has 1 saturated heterocycles. The topological polar surface area (TPSA) is 71.6 Å². The highest BCUT2D eigenvalue weighted by Gasteiger charge is 2.23. The van der Waals surface area contributed by atoms with Crippen LogP contribution in [0.5, 0.6) is 0 Å². The van der Waals surface area contributed by atoms with Gasteiger partial charge in [0.1, 0.15) is 5.56 Å². The number of pyridine rings is 1. The Balaban J connectivity index is 1.45. The molecule has 1 aliphatic rings. The number of H-pyrrole nitrogens is 1. The number of ether oxygens (including phenoxy) is 2. The molecule has 1 aromatic heterocycles. The molecule has 0 radical (unpaired) electrons. The molecule has 32 heavy (non-hydrogen) atoms. The van der Waals surface area contributed by atoms with Crippen molar-refractivity contribution in [1.29, 1.82) is 0 Å². The van der Waals surface area contributed by atoms with Gasteiger partial charge in [0.05, 0.1) is 25.5 Å². The van der Waals surface area contributed by atoms with E-state index in [9.17, 15) is 9.59 Å². The minimum atomic E-state index is -0.624. The molecule has 1 atom stereocenters. The second-order valence-electron chi connectivity index (χ2n) is 7.96. The molecule has 6 nitrogen and oxygen atoms in total. The second-order valence-corrected chi connectivity index (χ2v) is 7.96. The van der Waals surface area contributed by atoms with E-state index in [1.54, 1.807) is 6.07 Å². The van der Waals surface area contributed by atoms with Crippen LogP contribution in [0, 0.1) is 0 Å². The first-order valence-electron chi connectivity index (χ1n) is 10.9. The zero-order chi connectivity index (χ0) is 22.5. The zero-order valence-corrected chi connectivity index (χ0v) is 18.5. The van der Waals surface area contributed by atoms with Crippen LogP contribution in [0.15, 0.2) is 65.5 Å². The number of nitrogens with zero attached hydrogens (tertiary/aromatic N) is 1. The number of anilines is 1. The van der Waals surface area contributed by atoms with Gasteiger partial charge in [0.15, 0.2) is 0 Å². The lowest BCUT2D eigenvalue weighted by Crippen LogP contribution is -2.22. The van der Waals surface area contributed by atoms with Crippen LogP contribution in [-0.4, -0.2) is 37.3 Å². The molecular weight excluding hydrogens is 404 g/mol. The summed E-state index contributed by atoms with van der Waals surface area (Å²) < 4.78 is 10.8. The summed E-state index contributed by atoms with van der Waals surface area (Å²) in [6, 6.07) is 20.0. The van der Waals surface area contributed by atoms with Crippen molar-refractivity contribution in [3.63, 3.8) is 0 Å². The molecule has 0 bridgehead atoms. The number of aromatic amines is 1. The predicted molar refractivity (Wildman–Crippen MR) is 125 cm³/mol. The number of rotatable bonds is 7. The zero-order valence-electron chi connectivity index (χ0n) is 18.5. The summed E-state index contributed by atoms with van der Waals surface area (Å²) in [5.41, 5.74) is 4.46. The van der Waals surface area contributed by atoms with E-state index in [0.29, 0.717) is 13.0 Å². The number of hydrogen-bond acceptors (Lipinski definition) is 5. The van der Waals surface area contributed by atoms with Gasteiger partial charge in [-0.25, -0.2) is 4.79 Å². The third kappa shape index (κ3) is 4.75. The van der Waals surface area contributed by atoms with Gasteiger partial charge in [-0.05, 0) is 47.7 Å². The van der Waals surface area contributed by atoms with Gasteiger partial charge in [0, 0.05) is 18.8 Å². The molecule has 3 aromatic rings. The molecule has 2 aromatic carbocycles. The Morgan fingerprint density at radius 2 is 1.88 bits per heavy atom. The molecule has 166 valence electrons. The molecule has 0 aliphatic carbocycles. The molecule has 0 amide bonds. The van der Waals surface area contributed by atoms with E-state index in [2.05, 4.69) is 34.1 Å². The average Bonchev–Trinajstić information content (AvgIpc) is 3.32. The van der Waals surface area contributed by atoms with Crippen LogP contribution in [0.2, 0.25) is 0 Å². The molecule has 4 rings (SSSR count). The number of carbonyl (C=O) groups excluding carboxylic acids is 1. The van der Waals surface area contributed by atoms with E-state index >= 15 is 0 Å². The molecule has 1 unspecified atom stereocenters. The fraction of sp³-hybridized carbons (Fsp3) is 0.308. The summed E-state index contributed by atoms with van der Waals surface area (Å²) in [6.07, 6.45) is 1.89. The fourth-order valence-electron chi connectivity index (χ4n) is 4.10. The summed E-state index contributed by atoms with van der Waals surface area (Å²) in [5, 5.41) is 0. The van der Waals surface area contributed by atoms with E-state index in [0.717, 1.165) is 42.0 Å². The number of hydrogen-bond donors (Lipinski definition) is 1. The van der Waals surface area contributed by atoms with Gasteiger partial charge in [-0.2, -0.15) is 0 Å². The van der Waals surface area contributed by atoms with Crippen molar-refractivity contribution in [3.05, 3.63) is 87.7 Å². The maximum absolute atomic E-state index is 12.4. The van der Waals surface area contributed by atoms with Gasteiger partial charge in [-0.1, -0.05) is 49.4 Å². The van der Waals surface area contributed by atoms with E-state index in [1.807, 2.05) is 37.3 Å². The van der Waals surface area contributed by atoms with Gasteiger partial charge in [-0.3, -0.25) is 4.79 Å². The molecule has 2 heterocycles. The van der Waals surface area contributed by atoms with Crippen molar-refractivity contribution in [2.45, 2.75) is 32.5 Å². The van der Waals surface area contributed by atoms with E-state index in [4.69, 9.17) is 9.47 Å². The predicted octanol–water partition coefficient (Wildman–Crippen LogP) is 4.19. The Labute approximate surface area is 187 Å². The van der Waals surface area contributed by atoms with Crippen LogP contribution in [-0.2, 0) is 22.5 Å². The van der Waals surface area contributed by atoms with Crippen molar-refractivity contribution >= 4 is 11.7 Å². The quantitative estimate of drug-likeness (QED) is 0.567. The lowest BCUT2D eigenvalue weighted by Gasteiger charge is -2.19. The second kappa shape index (κ2) is 9.83. The normalized spacial score (nSPS) is 15.7. The number of aryl methyl sites for hydroxylation is 1. The molecular formula is C26H28N2O4. The van der Waals surface area contributed by atoms with Crippen molar-refractivity contribution in [2.75, 3.05) is 25.1 Å². The Morgan fingerprint density at radius 1 is 1.12 bits per heavy atom. The Bertz CT molecular complexity index is 1120. The summed E-state index contributed by atoms with van der Waals surface area (Å²) in [6.45, 7) is 4.43. The molecule has 1 N–H and O–H groups in total. The number of aromatic nitrogens is 1. The summed E-state index contributed by atoms with van der Waals surface area (Å²) in [4.78, 5) is 29.4. The van der Waals surface area contributed by atoms with Gasteiger partial charge in [0.2, 0.25) is 0 Å². The number of nitrogens with one attached hydrogen (secondary N) is 1. The SMILES string of the molecule is CCc1cc(C(=O)OC)c(=O)[nH]c1-c1ccc(N2CCC(OCc3ccccc3)C2)cc1. The van der Waals surface area contributed by atoms with Crippen molar-refractivity contribution < 1.29 is 14.3 Å². The van der Waals surface area contributed by atoms with Crippen LogP contribution >= 0.6 is 0 Å². The third-order valence-electron chi connectivity index (χ3n) is 5.90. The number of carbonyl (C=O) groups is 1. The first kappa shape index (κ1) is 21.8. The first-order valence-corrected chi connectivity index (χ1v) is 10.9. The van der Waals surface area contributed by atoms with Crippen LogP contribution < -0.4 is 10.5 Å². The van der Waals surface area contributed by atoms with Gasteiger partial charge in [0.25, 0.3) is 5.56 Å². The maximum atomic E-state index is 12.4. The molecule has 6 heteroatoms. The summed E-state index contributed by atoms with van der Waals surface area (Å²) in [7, 11) is 1.27. The van der Waals surface area contributed by atoms with Gasteiger partial charge in [-0.15, -0.1) is 0 Å². The van der Waals surface area contributed by atoms with Crippen LogP contribution in [0.1, 0.15) is 34.8 Å². The summed E-state index contributed by atoms with van der Waals surface area (Å²) >= 11 is 0. The molecule has 1 aliphatic heterocycles. The van der Waals surface area contributed by atoms with Crippen LogP contribution in [0.4, 0.5) is 5.69 Å². The van der Waals surface area contributed by atoms with Gasteiger partial charge >= 0.3 is 5.97 Å². The van der Waals surface area contributed by atoms with E-state index in [-0.39, 0.29) is 11.7 Å². The lowest BCUT2D eigenvalue weighted by molar-refractivity contribution is 0.0553. The third-order valence-corrected chi connectivity index (χ3v) is 5.90. The highest BCUT2D eigenvalue weighted by Crippen LogP contribution is 2.27. The average molecular weight is 433 g/mol. The van der Waals surface area contributed by atoms with Gasteiger partial charge < -0.3 is 19.4 Å². The lowest BCUT2D eigenvalue weighted by atomic mass is 10.0. The smallest absolute Gasteiger partial charge is 0.343 e. The fourth-order valence-corrected chi connectivity index (χ4v) is 4.10. The summed E-state index contributed by atoms with van der Waals surface area (Å²) in [5.74, 6) is -0.624. The number of methoxy groups -OCH3 is 1. The minimum Gasteiger partial charge on any atom is -0.465 e. The molecule has 1 fully saturated rings. The Hall–Kier alpha value is -3.38. The first-order chi connectivity index (χ1) is 15.6. The standard InChI is InChI=1S/C26H28N2O4/c1-3-19-15-23(26(30)31-2)25(29)27-24(19)20-9-11-21(12-10-20)28-14-13-22(16-28)32-17-18-7-5-4-6-8-18/h4-12,15,22H,3,13-14,16-17H2,1-2H3,(H,27,29). The number of benzene rings is 2. The minimum absolute atomic E-state index is 0.0309. The molecule has 0 saturated carbocycles. The maximum Gasteiger partial charge on any atom is 0.343 e. The molecule has 0 spiro atoms. The highest BCUT2D eigenvalue weighted by molar-refractivity contribution is 5.89. The van der Waals surface area contributed by atoms with E-state index in [1.165, 1.54) is 12.7 Å². The van der Waals surface area contributed by atoms with Crippen LogP contribution in [0.3, 0.4) is 0 Å².